The number of hydrogen-bond donors (Lipinski definition) is 1. The van der Waals surface area contributed by atoms with E-state index < -0.39 is 0 Å². The summed E-state index contributed by atoms with van der Waals surface area (Å²) >= 11 is 0. The largest absolute Gasteiger partial charge is 0.370 e. The number of nitrogens with two attached hydrogens (primary N) is 1. The quantitative estimate of drug-likeness (QED) is 0.606. The monoisotopic (exact) mass is 233 g/mol. The Bertz CT molecular complexity index is 333. The molecule has 1 aromatic rings. The van der Waals surface area contributed by atoms with Gasteiger partial charge in [-0.25, -0.2) is 0 Å². The third-order valence-corrected chi connectivity index (χ3v) is 2.58. The number of aliphatic imine (C=N–C) groups is 1. The first-order valence-corrected chi connectivity index (χ1v) is 6.42. The summed E-state index contributed by atoms with van der Waals surface area (Å²) in [5.41, 5.74) is 7.18. The van der Waals surface area contributed by atoms with Crippen LogP contribution in [0.15, 0.2) is 35.3 Å². The molecule has 94 valence electrons. The van der Waals surface area contributed by atoms with E-state index in [-0.39, 0.29) is 0 Å². The van der Waals surface area contributed by atoms with Crippen molar-refractivity contribution >= 4 is 11.6 Å². The molecule has 0 radical (unpaired) electrons. The van der Waals surface area contributed by atoms with Crippen molar-refractivity contribution in [1.82, 2.24) is 0 Å². The topological polar surface area (TPSA) is 41.6 Å². The number of guanidine groups is 1. The fourth-order valence-corrected chi connectivity index (χ4v) is 1.61. The molecule has 0 aromatic heterocycles. The van der Waals surface area contributed by atoms with Gasteiger partial charge < -0.3 is 10.6 Å². The molecule has 0 unspecified atom stereocenters. The van der Waals surface area contributed by atoms with Gasteiger partial charge in [-0.3, -0.25) is 4.99 Å². The van der Waals surface area contributed by atoms with Crippen LogP contribution in [0.4, 0.5) is 5.69 Å². The van der Waals surface area contributed by atoms with Crippen molar-refractivity contribution < 1.29 is 0 Å². The molecular weight excluding hydrogens is 210 g/mol. The van der Waals surface area contributed by atoms with Crippen LogP contribution >= 0.6 is 0 Å². The summed E-state index contributed by atoms with van der Waals surface area (Å²) in [7, 11) is 0. The van der Waals surface area contributed by atoms with Crippen molar-refractivity contribution in [3.8, 4) is 0 Å². The van der Waals surface area contributed by atoms with Gasteiger partial charge in [-0.2, -0.15) is 0 Å². The number of anilines is 1. The van der Waals surface area contributed by atoms with Gasteiger partial charge in [0.25, 0.3) is 0 Å². The number of rotatable bonds is 6. The Kier molecular flexibility index (Phi) is 6.15. The molecule has 3 nitrogen and oxygen atoms in total. The Hall–Kier alpha value is -1.51. The second kappa shape index (κ2) is 7.71. The average Bonchev–Trinajstić information content (AvgIpc) is 2.38. The highest BCUT2D eigenvalue weighted by Gasteiger charge is 2.08. The minimum atomic E-state index is 0.631. The van der Waals surface area contributed by atoms with Crippen molar-refractivity contribution in [3.63, 3.8) is 0 Å². The lowest BCUT2D eigenvalue weighted by Crippen LogP contribution is -2.38. The Morgan fingerprint density at radius 1 is 1.18 bits per heavy atom. The van der Waals surface area contributed by atoms with Gasteiger partial charge in [-0.15, -0.1) is 0 Å². The smallest absolute Gasteiger partial charge is 0.195 e. The predicted octanol–water partition coefficient (Wildman–Crippen LogP) is 3.02. The zero-order valence-corrected chi connectivity index (χ0v) is 10.9. The molecule has 0 heterocycles. The molecule has 0 fully saturated rings. The van der Waals surface area contributed by atoms with Crippen LogP contribution in [0.2, 0.25) is 0 Å². The van der Waals surface area contributed by atoms with Crippen LogP contribution in [0.1, 0.15) is 33.1 Å². The highest BCUT2D eigenvalue weighted by molar-refractivity contribution is 5.94. The lowest BCUT2D eigenvalue weighted by Gasteiger charge is -2.23. The fraction of sp³-hybridized carbons (Fsp3) is 0.500. The minimum absolute atomic E-state index is 0.631. The summed E-state index contributed by atoms with van der Waals surface area (Å²) in [6, 6.07) is 10.2. The lowest BCUT2D eigenvalue weighted by molar-refractivity contribution is 0.788. The van der Waals surface area contributed by atoms with Crippen LogP contribution in [0, 0.1) is 0 Å². The maximum absolute atomic E-state index is 6.05. The van der Waals surface area contributed by atoms with Gasteiger partial charge in [0.1, 0.15) is 0 Å². The van der Waals surface area contributed by atoms with Crippen molar-refractivity contribution in [2.24, 2.45) is 10.7 Å². The lowest BCUT2D eigenvalue weighted by atomic mass is 10.2. The normalized spacial score (nSPS) is 11.5. The maximum Gasteiger partial charge on any atom is 0.195 e. The molecular formula is C14H23N3. The van der Waals surface area contributed by atoms with Crippen molar-refractivity contribution in [3.05, 3.63) is 30.3 Å². The first-order chi connectivity index (χ1) is 8.29. The third-order valence-electron chi connectivity index (χ3n) is 2.58. The highest BCUT2D eigenvalue weighted by atomic mass is 15.3. The average molecular weight is 233 g/mol. The Morgan fingerprint density at radius 3 is 2.47 bits per heavy atom. The van der Waals surface area contributed by atoms with Gasteiger partial charge in [0, 0.05) is 18.8 Å². The third kappa shape index (κ3) is 4.47. The second-order valence-corrected chi connectivity index (χ2v) is 4.08. The van der Waals surface area contributed by atoms with Crippen LogP contribution in [0.3, 0.4) is 0 Å². The molecule has 0 spiro atoms. The molecule has 0 amide bonds. The van der Waals surface area contributed by atoms with Crippen molar-refractivity contribution in [1.29, 1.82) is 0 Å². The van der Waals surface area contributed by atoms with E-state index in [0.717, 1.165) is 38.0 Å². The first-order valence-electron chi connectivity index (χ1n) is 6.42. The van der Waals surface area contributed by atoms with Crippen LogP contribution in [-0.2, 0) is 0 Å². The maximum atomic E-state index is 6.05. The Morgan fingerprint density at radius 2 is 1.88 bits per heavy atom. The summed E-state index contributed by atoms with van der Waals surface area (Å²) in [5, 5.41) is 0. The zero-order chi connectivity index (χ0) is 12.5. The fourth-order valence-electron chi connectivity index (χ4n) is 1.61. The number of unbranched alkanes of at least 4 members (excludes halogenated alkanes) is 1. The van der Waals surface area contributed by atoms with E-state index >= 15 is 0 Å². The summed E-state index contributed by atoms with van der Waals surface area (Å²) < 4.78 is 0. The summed E-state index contributed by atoms with van der Waals surface area (Å²) in [6.07, 6.45) is 3.30. The van der Waals surface area contributed by atoms with Gasteiger partial charge in [0.2, 0.25) is 0 Å². The first kappa shape index (κ1) is 13.6. The molecule has 0 atom stereocenters. The summed E-state index contributed by atoms with van der Waals surface area (Å²) in [4.78, 5) is 6.49. The van der Waals surface area contributed by atoms with E-state index in [0.29, 0.717) is 5.96 Å². The molecule has 0 saturated carbocycles. The predicted molar refractivity (Wildman–Crippen MR) is 75.5 cm³/mol. The molecule has 17 heavy (non-hydrogen) atoms. The van der Waals surface area contributed by atoms with Crippen molar-refractivity contribution in [2.45, 2.75) is 33.1 Å². The van der Waals surface area contributed by atoms with E-state index in [1.807, 2.05) is 18.2 Å². The van der Waals surface area contributed by atoms with Gasteiger partial charge in [-0.05, 0) is 25.0 Å². The standard InChI is InChI=1S/C14H23N3/c1-3-5-12-17(14(15)16-11-4-2)13-9-7-6-8-10-13/h6-10H,3-5,11-12H2,1-2H3,(H2,15,16). The zero-order valence-electron chi connectivity index (χ0n) is 10.9. The molecule has 1 aromatic carbocycles. The Labute approximate surface area is 104 Å². The Balaban J connectivity index is 2.80. The van der Waals surface area contributed by atoms with Crippen LogP contribution < -0.4 is 10.6 Å². The molecule has 0 bridgehead atoms. The van der Waals surface area contributed by atoms with Gasteiger partial charge in [-0.1, -0.05) is 38.5 Å². The SMILES string of the molecule is CCCCN(C(N)=NCCC)c1ccccc1. The number of para-hydroxylation sites is 1. The van der Waals surface area contributed by atoms with E-state index in [2.05, 4.69) is 35.9 Å². The number of hydrogen-bond acceptors (Lipinski definition) is 1. The molecule has 0 aliphatic heterocycles. The van der Waals surface area contributed by atoms with E-state index in [1.165, 1.54) is 0 Å². The van der Waals surface area contributed by atoms with Crippen LogP contribution in [0.25, 0.3) is 0 Å². The summed E-state index contributed by atoms with van der Waals surface area (Å²) in [5.74, 6) is 0.631. The molecule has 0 aliphatic carbocycles. The van der Waals surface area contributed by atoms with Gasteiger partial charge >= 0.3 is 0 Å². The number of benzene rings is 1. The molecule has 0 aliphatic rings. The molecule has 0 saturated heterocycles. The molecule has 2 N–H and O–H groups in total. The molecule has 3 heteroatoms. The van der Waals surface area contributed by atoms with E-state index in [9.17, 15) is 0 Å². The minimum Gasteiger partial charge on any atom is -0.370 e. The second-order valence-electron chi connectivity index (χ2n) is 4.08. The summed E-state index contributed by atoms with van der Waals surface area (Å²) in [6.45, 7) is 6.01. The van der Waals surface area contributed by atoms with Gasteiger partial charge in [0.05, 0.1) is 0 Å². The van der Waals surface area contributed by atoms with E-state index in [1.54, 1.807) is 0 Å². The van der Waals surface area contributed by atoms with Gasteiger partial charge in [0.15, 0.2) is 5.96 Å². The highest BCUT2D eigenvalue weighted by Crippen LogP contribution is 2.13. The molecule has 1 rings (SSSR count). The number of nitrogens with zero attached hydrogens (tertiary/aromatic N) is 2. The van der Waals surface area contributed by atoms with Crippen molar-refractivity contribution in [2.75, 3.05) is 18.0 Å². The van der Waals surface area contributed by atoms with E-state index in [4.69, 9.17) is 5.73 Å². The van der Waals surface area contributed by atoms with Crippen LogP contribution in [0.5, 0.6) is 0 Å². The van der Waals surface area contributed by atoms with Crippen LogP contribution in [-0.4, -0.2) is 19.0 Å².